The number of aromatic nitrogens is 6. The Bertz CT molecular complexity index is 3660. The Balaban J connectivity index is 1.00. The van der Waals surface area contributed by atoms with Crippen molar-refractivity contribution < 1.29 is 0 Å². The average molecular weight is 857 g/mol. The first-order chi connectivity index (χ1) is 33.2. The van der Waals surface area contributed by atoms with Crippen LogP contribution in [-0.4, -0.2) is 29.5 Å². The summed E-state index contributed by atoms with van der Waals surface area (Å²) >= 11 is 0. The van der Waals surface area contributed by atoms with Gasteiger partial charge in [-0.15, -0.1) is 0 Å². The largest absolute Gasteiger partial charge is 0.309 e. The Morgan fingerprint density at radius 1 is 0.284 bits per heavy atom. The molecule has 314 valence electrons. The van der Waals surface area contributed by atoms with Crippen LogP contribution in [0.25, 0.3) is 118 Å². The van der Waals surface area contributed by atoms with Gasteiger partial charge in [-0.05, 0) is 118 Å². The van der Waals surface area contributed by atoms with Crippen molar-refractivity contribution in [1.29, 1.82) is 0 Å². The van der Waals surface area contributed by atoms with E-state index in [1.165, 1.54) is 21.9 Å². The van der Waals surface area contributed by atoms with Gasteiger partial charge in [-0.2, -0.15) is 0 Å². The molecule has 6 nitrogen and oxygen atoms in total. The molecule has 8 aromatic carbocycles. The summed E-state index contributed by atoms with van der Waals surface area (Å²) in [6, 6.07) is 80.3. The number of pyridine rings is 2. The minimum Gasteiger partial charge on any atom is -0.309 e. The van der Waals surface area contributed by atoms with Crippen molar-refractivity contribution in [3.63, 3.8) is 0 Å². The second-order valence-electron chi connectivity index (χ2n) is 16.5. The number of nitrogens with zero attached hydrogens (tertiary/aromatic N) is 6. The summed E-state index contributed by atoms with van der Waals surface area (Å²) in [6.07, 6.45) is 3.65. The number of rotatable bonds is 9. The summed E-state index contributed by atoms with van der Waals surface area (Å²) in [7, 11) is 0. The Labute approximate surface area is 388 Å². The minimum absolute atomic E-state index is 0.586. The van der Waals surface area contributed by atoms with Crippen molar-refractivity contribution in [2.75, 3.05) is 0 Å². The topological polar surface area (TPSA) is 69.4 Å². The molecule has 67 heavy (non-hydrogen) atoms. The van der Waals surface area contributed by atoms with E-state index in [4.69, 9.17) is 24.9 Å². The molecule has 4 aromatic heterocycles. The van der Waals surface area contributed by atoms with Gasteiger partial charge in [0.05, 0.1) is 22.4 Å². The van der Waals surface area contributed by atoms with Gasteiger partial charge in [0.25, 0.3) is 0 Å². The van der Waals surface area contributed by atoms with Crippen LogP contribution in [0, 0.1) is 0 Å². The van der Waals surface area contributed by atoms with Crippen LogP contribution in [0.5, 0.6) is 0 Å². The fraction of sp³-hybridized carbons (Fsp3) is 0. The third-order valence-electron chi connectivity index (χ3n) is 12.3. The first-order valence-electron chi connectivity index (χ1n) is 22.4. The maximum absolute atomic E-state index is 5.25. The van der Waals surface area contributed by atoms with Crippen LogP contribution in [-0.2, 0) is 0 Å². The highest BCUT2D eigenvalue weighted by Crippen LogP contribution is 2.41. The van der Waals surface area contributed by atoms with E-state index in [9.17, 15) is 0 Å². The fourth-order valence-electron chi connectivity index (χ4n) is 9.15. The van der Waals surface area contributed by atoms with Crippen molar-refractivity contribution in [2.24, 2.45) is 0 Å². The standard InChI is InChI=1S/C61H40N6/c1-4-17-41(18-5-1)44-31-32-56-53(40-44)58-52(27-16-30-57(58)67(56)51-25-8-3-9-26-51)45-22-15-24-47(36-45)61-65-59(42-19-6-2-7-20-42)64-60(66-61)46-23-14-21-43(35-46)48-37-49(54-28-10-12-33-62-54)39-50(38-48)55-29-11-13-34-63-55/h1-40H. The third-order valence-corrected chi connectivity index (χ3v) is 12.3. The van der Waals surface area contributed by atoms with E-state index in [1.807, 2.05) is 79.1 Å². The van der Waals surface area contributed by atoms with Gasteiger partial charge in [-0.3, -0.25) is 9.97 Å². The van der Waals surface area contributed by atoms with Crippen molar-refractivity contribution in [1.82, 2.24) is 29.5 Å². The second kappa shape index (κ2) is 17.1. The predicted molar refractivity (Wildman–Crippen MR) is 273 cm³/mol. The van der Waals surface area contributed by atoms with Gasteiger partial charge in [0.1, 0.15) is 0 Å². The van der Waals surface area contributed by atoms with Gasteiger partial charge in [0.15, 0.2) is 17.5 Å². The highest BCUT2D eigenvalue weighted by Gasteiger charge is 2.19. The zero-order valence-electron chi connectivity index (χ0n) is 36.3. The Morgan fingerprint density at radius 2 is 0.761 bits per heavy atom. The summed E-state index contributed by atoms with van der Waals surface area (Å²) in [5, 5.41) is 2.38. The van der Waals surface area contributed by atoms with E-state index in [2.05, 4.69) is 168 Å². The summed E-state index contributed by atoms with van der Waals surface area (Å²) in [4.78, 5) is 24.9. The molecule has 4 heterocycles. The first kappa shape index (κ1) is 39.5. The van der Waals surface area contributed by atoms with E-state index in [0.29, 0.717) is 17.5 Å². The van der Waals surface area contributed by atoms with Crippen molar-refractivity contribution >= 4 is 21.8 Å². The van der Waals surface area contributed by atoms with E-state index in [-0.39, 0.29) is 0 Å². The number of fused-ring (bicyclic) bond motifs is 3. The van der Waals surface area contributed by atoms with E-state index in [1.54, 1.807) is 0 Å². The molecule has 0 saturated carbocycles. The summed E-state index contributed by atoms with van der Waals surface area (Å²) in [5.41, 5.74) is 16.5. The molecule has 0 unspecified atom stereocenters. The molecule has 0 aliphatic carbocycles. The summed E-state index contributed by atoms with van der Waals surface area (Å²) in [6.45, 7) is 0. The van der Waals surface area contributed by atoms with E-state index >= 15 is 0 Å². The predicted octanol–water partition coefficient (Wildman–Crippen LogP) is 15.1. The number of hydrogen-bond donors (Lipinski definition) is 0. The lowest BCUT2D eigenvalue weighted by molar-refractivity contribution is 1.07. The molecular weight excluding hydrogens is 817 g/mol. The molecule has 12 aromatic rings. The van der Waals surface area contributed by atoms with Gasteiger partial charge < -0.3 is 4.57 Å². The van der Waals surface area contributed by atoms with Gasteiger partial charge >= 0.3 is 0 Å². The maximum Gasteiger partial charge on any atom is 0.164 e. The smallest absolute Gasteiger partial charge is 0.164 e. The van der Waals surface area contributed by atoms with E-state index < -0.39 is 0 Å². The zero-order chi connectivity index (χ0) is 44.5. The van der Waals surface area contributed by atoms with Crippen LogP contribution in [0.1, 0.15) is 0 Å². The molecule has 0 saturated heterocycles. The monoisotopic (exact) mass is 856 g/mol. The van der Waals surface area contributed by atoms with Crippen LogP contribution in [0.15, 0.2) is 243 Å². The number of benzene rings is 8. The van der Waals surface area contributed by atoms with Crippen LogP contribution < -0.4 is 0 Å². The molecule has 0 bridgehead atoms. The molecule has 0 N–H and O–H groups in total. The molecule has 6 heteroatoms. The zero-order valence-corrected chi connectivity index (χ0v) is 36.3. The lowest BCUT2D eigenvalue weighted by Crippen LogP contribution is -2.00. The number of para-hydroxylation sites is 1. The lowest BCUT2D eigenvalue weighted by Gasteiger charge is -2.12. The number of hydrogen-bond acceptors (Lipinski definition) is 5. The van der Waals surface area contributed by atoms with Gasteiger partial charge in [-0.25, -0.2) is 15.0 Å². The Kier molecular flexibility index (Phi) is 10.1. The second-order valence-corrected chi connectivity index (χ2v) is 16.5. The van der Waals surface area contributed by atoms with Crippen molar-refractivity contribution in [3.05, 3.63) is 243 Å². The molecule has 12 rings (SSSR count). The molecule has 0 radical (unpaired) electrons. The first-order valence-corrected chi connectivity index (χ1v) is 22.4. The van der Waals surface area contributed by atoms with Crippen molar-refractivity contribution in [2.45, 2.75) is 0 Å². The maximum atomic E-state index is 5.25. The minimum atomic E-state index is 0.586. The van der Waals surface area contributed by atoms with E-state index in [0.717, 1.165) is 78.2 Å². The molecule has 0 spiro atoms. The molecule has 0 fully saturated rings. The highest BCUT2D eigenvalue weighted by molar-refractivity contribution is 6.16. The third kappa shape index (κ3) is 7.62. The van der Waals surface area contributed by atoms with Crippen LogP contribution in [0.3, 0.4) is 0 Å². The molecule has 0 amide bonds. The van der Waals surface area contributed by atoms with Crippen molar-refractivity contribution in [3.8, 4) is 95.7 Å². The van der Waals surface area contributed by atoms with Gasteiger partial charge in [0.2, 0.25) is 0 Å². The Hall–Kier alpha value is -9.13. The van der Waals surface area contributed by atoms with Crippen LogP contribution >= 0.6 is 0 Å². The lowest BCUT2D eigenvalue weighted by atomic mass is 9.95. The summed E-state index contributed by atoms with van der Waals surface area (Å²) < 4.78 is 2.37. The molecule has 0 atom stereocenters. The molecule has 0 aliphatic rings. The normalized spacial score (nSPS) is 11.3. The van der Waals surface area contributed by atoms with Gasteiger partial charge in [-0.1, -0.05) is 146 Å². The SMILES string of the molecule is c1ccc(-c2ccc3c(c2)c2c(-c4cccc(-c5nc(-c6ccccc6)nc(-c6cccc(-c7cc(-c8ccccn8)cc(-c8ccccn8)c7)c6)n5)c4)cccc2n3-c2ccccc2)cc1. The van der Waals surface area contributed by atoms with Gasteiger partial charge in [0, 0.05) is 56.7 Å². The highest BCUT2D eigenvalue weighted by atomic mass is 15.0. The van der Waals surface area contributed by atoms with Crippen LogP contribution in [0.4, 0.5) is 0 Å². The quantitative estimate of drug-likeness (QED) is 0.145. The molecule has 0 aliphatic heterocycles. The average Bonchev–Trinajstić information content (AvgIpc) is 3.76. The Morgan fingerprint density at radius 3 is 1.39 bits per heavy atom. The van der Waals surface area contributed by atoms with Crippen LogP contribution in [0.2, 0.25) is 0 Å². The molecular formula is C61H40N6. The summed E-state index contributed by atoms with van der Waals surface area (Å²) in [5.74, 6) is 1.78. The fourth-order valence-corrected chi connectivity index (χ4v) is 9.15.